The molecule has 5 heteroatoms. The van der Waals surface area contributed by atoms with Crippen LogP contribution in [-0.4, -0.2) is 27.8 Å². The molecule has 0 saturated heterocycles. The van der Waals surface area contributed by atoms with Gasteiger partial charge in [0.1, 0.15) is 0 Å². The van der Waals surface area contributed by atoms with Crippen molar-refractivity contribution in [3.63, 3.8) is 0 Å². The Morgan fingerprint density at radius 2 is 1.81 bits per heavy atom. The molecule has 0 atom stereocenters. The molecule has 1 rings (SSSR count). The molecule has 4 nitrogen and oxygen atoms in total. The van der Waals surface area contributed by atoms with Crippen LogP contribution in [-0.2, 0) is 19.4 Å². The van der Waals surface area contributed by atoms with Crippen molar-refractivity contribution in [1.82, 2.24) is 0 Å². The van der Waals surface area contributed by atoms with Crippen LogP contribution in [0.2, 0.25) is 0 Å². The van der Waals surface area contributed by atoms with Crippen molar-refractivity contribution >= 4 is 21.9 Å². The lowest BCUT2D eigenvalue weighted by molar-refractivity contribution is -0.135. The summed E-state index contributed by atoms with van der Waals surface area (Å²) in [6.07, 6.45) is 2.26. The van der Waals surface area contributed by atoms with Gasteiger partial charge in [-0.15, -0.1) is 0 Å². The standard InChI is InChI=1S/C11H12O4S/c1-15-11(12)10(16(2,13)14)8-9-6-4-3-5-7-9/h3-8H,1-2H3/b10-8-. The minimum Gasteiger partial charge on any atom is -0.465 e. The number of ether oxygens (including phenoxy) is 1. The molecule has 0 unspecified atom stereocenters. The highest BCUT2D eigenvalue weighted by molar-refractivity contribution is 7.95. The van der Waals surface area contributed by atoms with Crippen LogP contribution in [0.25, 0.3) is 6.08 Å². The first-order valence-corrected chi connectivity index (χ1v) is 6.39. The van der Waals surface area contributed by atoms with Crippen LogP contribution < -0.4 is 0 Å². The third-order valence-corrected chi connectivity index (χ3v) is 2.97. The van der Waals surface area contributed by atoms with E-state index in [1.54, 1.807) is 30.3 Å². The zero-order valence-electron chi connectivity index (χ0n) is 9.01. The molecule has 0 aromatic heterocycles. The van der Waals surface area contributed by atoms with E-state index < -0.39 is 15.8 Å². The summed E-state index contributed by atoms with van der Waals surface area (Å²) in [7, 11) is -2.44. The largest absolute Gasteiger partial charge is 0.465 e. The van der Waals surface area contributed by atoms with Gasteiger partial charge in [-0.3, -0.25) is 0 Å². The van der Waals surface area contributed by atoms with E-state index in [-0.39, 0.29) is 4.91 Å². The molecule has 86 valence electrons. The van der Waals surface area contributed by atoms with Gasteiger partial charge in [0.05, 0.1) is 7.11 Å². The van der Waals surface area contributed by atoms with Gasteiger partial charge in [-0.05, 0) is 11.6 Å². The molecule has 0 aliphatic rings. The Morgan fingerprint density at radius 1 is 1.25 bits per heavy atom. The minimum atomic E-state index is -3.59. The molecule has 0 bridgehead atoms. The van der Waals surface area contributed by atoms with Crippen LogP contribution in [0.1, 0.15) is 5.56 Å². The summed E-state index contributed by atoms with van der Waals surface area (Å²) in [5.41, 5.74) is 0.633. The first kappa shape index (κ1) is 12.4. The third kappa shape index (κ3) is 3.20. The normalized spacial score (nSPS) is 12.2. The Morgan fingerprint density at radius 3 is 2.25 bits per heavy atom. The number of methoxy groups -OCH3 is 1. The number of carbonyl (C=O) groups is 1. The lowest BCUT2D eigenvalue weighted by atomic mass is 10.2. The van der Waals surface area contributed by atoms with E-state index in [1.807, 2.05) is 0 Å². The van der Waals surface area contributed by atoms with Crippen molar-refractivity contribution in [2.45, 2.75) is 0 Å². The van der Waals surface area contributed by atoms with Crippen molar-refractivity contribution in [3.8, 4) is 0 Å². The Labute approximate surface area is 94.5 Å². The molecule has 0 N–H and O–H groups in total. The van der Waals surface area contributed by atoms with Crippen LogP contribution >= 0.6 is 0 Å². The van der Waals surface area contributed by atoms with Crippen LogP contribution in [0.3, 0.4) is 0 Å². The fraction of sp³-hybridized carbons (Fsp3) is 0.182. The SMILES string of the molecule is COC(=O)/C(=C/c1ccccc1)S(C)(=O)=O. The van der Waals surface area contributed by atoms with E-state index in [1.165, 1.54) is 6.08 Å². The van der Waals surface area contributed by atoms with Gasteiger partial charge >= 0.3 is 5.97 Å². The average Bonchev–Trinajstić information content (AvgIpc) is 2.25. The Balaban J connectivity index is 3.23. The highest BCUT2D eigenvalue weighted by atomic mass is 32.2. The molecule has 0 saturated carbocycles. The number of hydrogen-bond acceptors (Lipinski definition) is 4. The van der Waals surface area contributed by atoms with Crippen LogP contribution in [0, 0.1) is 0 Å². The molecular weight excluding hydrogens is 228 g/mol. The van der Waals surface area contributed by atoms with Crippen molar-refractivity contribution in [2.24, 2.45) is 0 Å². The fourth-order valence-electron chi connectivity index (χ4n) is 1.12. The molecule has 0 aliphatic heterocycles. The van der Waals surface area contributed by atoms with Gasteiger partial charge in [0, 0.05) is 6.26 Å². The second-order valence-electron chi connectivity index (χ2n) is 3.18. The van der Waals surface area contributed by atoms with Gasteiger partial charge in [0.2, 0.25) is 0 Å². The molecule has 0 heterocycles. The predicted octanol–water partition coefficient (Wildman–Crippen LogP) is 1.25. The first-order chi connectivity index (χ1) is 7.45. The smallest absolute Gasteiger partial charge is 0.349 e. The maximum Gasteiger partial charge on any atom is 0.349 e. The molecule has 0 amide bonds. The number of esters is 1. The molecule has 0 radical (unpaired) electrons. The van der Waals surface area contributed by atoms with E-state index >= 15 is 0 Å². The number of hydrogen-bond donors (Lipinski definition) is 0. The van der Waals surface area contributed by atoms with Crippen LogP contribution in [0.5, 0.6) is 0 Å². The summed E-state index contributed by atoms with van der Waals surface area (Å²) in [6, 6.07) is 8.71. The summed E-state index contributed by atoms with van der Waals surface area (Å²) < 4.78 is 27.2. The van der Waals surface area contributed by atoms with Crippen molar-refractivity contribution in [2.75, 3.05) is 13.4 Å². The second-order valence-corrected chi connectivity index (χ2v) is 5.17. The quantitative estimate of drug-likeness (QED) is 0.589. The van der Waals surface area contributed by atoms with E-state index in [2.05, 4.69) is 4.74 Å². The highest BCUT2D eigenvalue weighted by Crippen LogP contribution is 2.12. The lowest BCUT2D eigenvalue weighted by Gasteiger charge is -2.02. The van der Waals surface area contributed by atoms with Gasteiger partial charge < -0.3 is 4.74 Å². The van der Waals surface area contributed by atoms with E-state index in [0.717, 1.165) is 13.4 Å². The van der Waals surface area contributed by atoms with Crippen molar-refractivity contribution in [1.29, 1.82) is 0 Å². The molecule has 0 aliphatic carbocycles. The van der Waals surface area contributed by atoms with Crippen LogP contribution in [0.15, 0.2) is 35.2 Å². The maximum absolute atomic E-state index is 11.4. The Hall–Kier alpha value is -1.62. The number of rotatable bonds is 3. The molecule has 16 heavy (non-hydrogen) atoms. The minimum absolute atomic E-state index is 0.346. The van der Waals surface area contributed by atoms with Gasteiger partial charge in [-0.2, -0.15) is 0 Å². The average molecular weight is 240 g/mol. The number of sulfone groups is 1. The van der Waals surface area contributed by atoms with Crippen molar-refractivity contribution < 1.29 is 17.9 Å². The molecule has 0 spiro atoms. The molecule has 1 aromatic carbocycles. The van der Waals surface area contributed by atoms with E-state index in [9.17, 15) is 13.2 Å². The zero-order valence-corrected chi connectivity index (χ0v) is 9.82. The van der Waals surface area contributed by atoms with Gasteiger partial charge in [-0.25, -0.2) is 13.2 Å². The fourth-order valence-corrected chi connectivity index (χ4v) is 1.85. The predicted molar refractivity (Wildman–Crippen MR) is 61.3 cm³/mol. The highest BCUT2D eigenvalue weighted by Gasteiger charge is 2.20. The monoisotopic (exact) mass is 240 g/mol. The van der Waals surface area contributed by atoms with E-state index in [0.29, 0.717) is 5.56 Å². The summed E-state index contributed by atoms with van der Waals surface area (Å²) in [5, 5.41) is 0. The summed E-state index contributed by atoms with van der Waals surface area (Å²) >= 11 is 0. The Kier molecular flexibility index (Phi) is 3.84. The first-order valence-electron chi connectivity index (χ1n) is 4.50. The molecule has 0 fully saturated rings. The third-order valence-electron chi connectivity index (χ3n) is 1.88. The second kappa shape index (κ2) is 4.94. The zero-order chi connectivity index (χ0) is 12.2. The van der Waals surface area contributed by atoms with Gasteiger partial charge in [0.15, 0.2) is 14.7 Å². The number of carbonyl (C=O) groups excluding carboxylic acids is 1. The summed E-state index contributed by atoms with van der Waals surface area (Å²) in [5.74, 6) is -0.855. The Bertz CT molecular complexity index is 500. The summed E-state index contributed by atoms with van der Waals surface area (Å²) in [4.78, 5) is 10.9. The van der Waals surface area contributed by atoms with E-state index in [4.69, 9.17) is 0 Å². The topological polar surface area (TPSA) is 60.4 Å². The van der Waals surface area contributed by atoms with Crippen molar-refractivity contribution in [3.05, 3.63) is 40.8 Å². The molecular formula is C11H12O4S. The maximum atomic E-state index is 11.4. The van der Waals surface area contributed by atoms with Gasteiger partial charge in [0.25, 0.3) is 0 Å². The van der Waals surface area contributed by atoms with Crippen LogP contribution in [0.4, 0.5) is 0 Å². The summed E-state index contributed by atoms with van der Waals surface area (Å²) in [6.45, 7) is 0. The molecule has 1 aromatic rings. The lowest BCUT2D eigenvalue weighted by Crippen LogP contribution is -2.13. The number of benzene rings is 1. The van der Waals surface area contributed by atoms with Gasteiger partial charge in [-0.1, -0.05) is 30.3 Å².